The minimum atomic E-state index is -0.528. The quantitative estimate of drug-likeness (QED) is 0.704. The maximum absolute atomic E-state index is 13.6. The van der Waals surface area contributed by atoms with Gasteiger partial charge in [0.15, 0.2) is 0 Å². The Balaban J connectivity index is 1.50. The monoisotopic (exact) mass is 393 g/mol. The molecule has 154 valence electrons. The topological polar surface area (TPSA) is 45.7 Å². The Kier molecular flexibility index (Phi) is 5.56. The largest absolute Gasteiger partial charge is 0.375 e. The third-order valence-electron chi connectivity index (χ3n) is 6.41. The van der Waals surface area contributed by atoms with Crippen LogP contribution in [0, 0.1) is 0 Å². The molecule has 2 fully saturated rings. The number of ketones is 1. The predicted octanol–water partition coefficient (Wildman–Crippen LogP) is 3.41. The summed E-state index contributed by atoms with van der Waals surface area (Å²) >= 11 is 0. The lowest BCUT2D eigenvalue weighted by atomic mass is 9.74. The van der Waals surface area contributed by atoms with E-state index >= 15 is 0 Å². The van der Waals surface area contributed by atoms with Crippen molar-refractivity contribution < 1.29 is 9.53 Å². The molecule has 1 aromatic carbocycles. The van der Waals surface area contributed by atoms with Crippen molar-refractivity contribution in [3.05, 3.63) is 66.0 Å². The number of Topliss-reactive ketones (excluding diaryl/α,β-unsaturated/α-hetero) is 1. The van der Waals surface area contributed by atoms with Crippen LogP contribution in [-0.2, 0) is 11.3 Å². The number of aromatic nitrogens is 1. The Morgan fingerprint density at radius 3 is 2.55 bits per heavy atom. The van der Waals surface area contributed by atoms with Gasteiger partial charge >= 0.3 is 0 Å². The summed E-state index contributed by atoms with van der Waals surface area (Å²) in [7, 11) is 2.18. The van der Waals surface area contributed by atoms with Gasteiger partial charge in [-0.05, 0) is 45.0 Å². The van der Waals surface area contributed by atoms with Gasteiger partial charge in [0.25, 0.3) is 0 Å². The molecular formula is C24H31N3O2. The molecule has 5 nitrogen and oxygen atoms in total. The number of benzene rings is 1. The zero-order valence-electron chi connectivity index (χ0n) is 17.7. The number of likely N-dealkylation sites (tertiary alicyclic amines) is 1. The predicted molar refractivity (Wildman–Crippen MR) is 114 cm³/mol. The molecule has 4 rings (SSSR count). The Morgan fingerprint density at radius 2 is 1.90 bits per heavy atom. The van der Waals surface area contributed by atoms with Crippen molar-refractivity contribution in [2.75, 3.05) is 26.7 Å². The van der Waals surface area contributed by atoms with E-state index < -0.39 is 5.54 Å². The lowest BCUT2D eigenvalue weighted by Crippen LogP contribution is -2.71. The Morgan fingerprint density at radius 1 is 1.17 bits per heavy atom. The van der Waals surface area contributed by atoms with Gasteiger partial charge < -0.3 is 4.74 Å². The maximum atomic E-state index is 13.6. The van der Waals surface area contributed by atoms with E-state index in [1.165, 1.54) is 5.56 Å². The third kappa shape index (κ3) is 4.13. The van der Waals surface area contributed by atoms with E-state index in [4.69, 9.17) is 4.74 Å². The summed E-state index contributed by atoms with van der Waals surface area (Å²) in [6.45, 7) is 7.51. The van der Waals surface area contributed by atoms with Crippen molar-refractivity contribution in [2.45, 2.75) is 50.4 Å². The van der Waals surface area contributed by atoms with Gasteiger partial charge in [0.1, 0.15) is 5.69 Å². The van der Waals surface area contributed by atoms with Gasteiger partial charge in [-0.3, -0.25) is 19.6 Å². The molecule has 29 heavy (non-hydrogen) atoms. The first-order valence-corrected chi connectivity index (χ1v) is 10.5. The van der Waals surface area contributed by atoms with Crippen LogP contribution in [0.4, 0.5) is 0 Å². The fourth-order valence-corrected chi connectivity index (χ4v) is 4.77. The summed E-state index contributed by atoms with van der Waals surface area (Å²) in [5.74, 6) is 0.138. The van der Waals surface area contributed by atoms with Crippen LogP contribution in [0.3, 0.4) is 0 Å². The molecule has 1 atom stereocenters. The molecule has 2 aliphatic heterocycles. The summed E-state index contributed by atoms with van der Waals surface area (Å²) in [4.78, 5) is 22.8. The number of rotatable bonds is 6. The second-order valence-electron chi connectivity index (χ2n) is 9.07. The number of nitrogens with zero attached hydrogens (tertiary/aromatic N) is 3. The molecule has 3 heterocycles. The van der Waals surface area contributed by atoms with Gasteiger partial charge in [0.2, 0.25) is 5.78 Å². The normalized spacial score (nSPS) is 25.0. The summed E-state index contributed by atoms with van der Waals surface area (Å²) in [5.41, 5.74) is 1.04. The molecule has 0 amide bonds. The van der Waals surface area contributed by atoms with Crippen LogP contribution in [0.1, 0.15) is 42.7 Å². The number of hydrogen-bond acceptors (Lipinski definition) is 5. The zero-order chi connectivity index (χ0) is 20.5. The van der Waals surface area contributed by atoms with E-state index in [1.54, 1.807) is 6.20 Å². The van der Waals surface area contributed by atoms with Crippen molar-refractivity contribution in [2.24, 2.45) is 0 Å². The van der Waals surface area contributed by atoms with Gasteiger partial charge in [-0.15, -0.1) is 0 Å². The molecule has 1 aromatic heterocycles. The van der Waals surface area contributed by atoms with E-state index in [2.05, 4.69) is 66.0 Å². The lowest BCUT2D eigenvalue weighted by molar-refractivity contribution is -0.131. The highest BCUT2D eigenvalue weighted by molar-refractivity contribution is 6.02. The summed E-state index contributed by atoms with van der Waals surface area (Å²) in [5, 5.41) is 0. The maximum Gasteiger partial charge on any atom is 0.201 e. The highest BCUT2D eigenvalue weighted by Crippen LogP contribution is 2.41. The Labute approximate surface area is 173 Å². The fraction of sp³-hybridized carbons (Fsp3) is 0.500. The molecule has 0 saturated carbocycles. The summed E-state index contributed by atoms with van der Waals surface area (Å²) in [6, 6.07) is 16.6. The minimum Gasteiger partial charge on any atom is -0.375 e. The van der Waals surface area contributed by atoms with Crippen LogP contribution < -0.4 is 0 Å². The van der Waals surface area contributed by atoms with Crippen LogP contribution in [-0.4, -0.2) is 64.5 Å². The van der Waals surface area contributed by atoms with E-state index in [-0.39, 0.29) is 11.4 Å². The van der Waals surface area contributed by atoms with Crippen molar-refractivity contribution in [1.29, 1.82) is 0 Å². The molecule has 0 N–H and O–H groups in total. The fourth-order valence-electron chi connectivity index (χ4n) is 4.77. The first-order valence-electron chi connectivity index (χ1n) is 10.5. The number of pyridine rings is 1. The number of hydrogen-bond donors (Lipinski definition) is 0. The molecule has 0 bridgehead atoms. The highest BCUT2D eigenvalue weighted by Gasteiger charge is 2.54. The average Bonchev–Trinajstić information content (AvgIpc) is 2.67. The number of carbonyl (C=O) groups excluding carboxylic acids is 1. The molecule has 0 spiro atoms. The van der Waals surface area contributed by atoms with E-state index in [1.807, 2.05) is 18.2 Å². The average molecular weight is 394 g/mol. The molecule has 2 aliphatic rings. The van der Waals surface area contributed by atoms with E-state index in [9.17, 15) is 4.79 Å². The SMILES string of the molecule is CN(Cc1ccccc1)C1CN(C2(C(=O)c3ccccn3)CCOC(C)(C)C2)C1. The standard InChI is InChI=1S/C24H31N3O2/c1-23(2)18-24(12-14-29-23,22(28)21-11-7-8-13-25-21)27-16-20(17-27)26(3)15-19-9-5-4-6-10-19/h4-11,13,20H,12,14-18H2,1-3H3. The van der Waals surface area contributed by atoms with Gasteiger partial charge in [0.05, 0.1) is 11.1 Å². The highest BCUT2D eigenvalue weighted by atomic mass is 16.5. The van der Waals surface area contributed by atoms with E-state index in [0.29, 0.717) is 24.8 Å². The van der Waals surface area contributed by atoms with Crippen LogP contribution in [0.25, 0.3) is 0 Å². The molecule has 0 radical (unpaired) electrons. The van der Waals surface area contributed by atoms with Crippen LogP contribution in [0.5, 0.6) is 0 Å². The zero-order valence-corrected chi connectivity index (χ0v) is 17.7. The summed E-state index contributed by atoms with van der Waals surface area (Å²) < 4.78 is 5.97. The molecule has 1 unspecified atom stereocenters. The van der Waals surface area contributed by atoms with Crippen LogP contribution in [0.15, 0.2) is 54.7 Å². The molecule has 2 saturated heterocycles. The van der Waals surface area contributed by atoms with Crippen molar-refractivity contribution in [3.63, 3.8) is 0 Å². The van der Waals surface area contributed by atoms with E-state index in [0.717, 1.165) is 26.1 Å². The molecule has 0 aliphatic carbocycles. The number of likely N-dealkylation sites (N-methyl/N-ethyl adjacent to an activating group) is 1. The minimum absolute atomic E-state index is 0.138. The second-order valence-corrected chi connectivity index (χ2v) is 9.07. The Bertz CT molecular complexity index is 834. The van der Waals surface area contributed by atoms with Crippen LogP contribution >= 0.6 is 0 Å². The van der Waals surface area contributed by atoms with Gasteiger partial charge in [-0.2, -0.15) is 0 Å². The number of carbonyl (C=O) groups is 1. The smallest absolute Gasteiger partial charge is 0.201 e. The third-order valence-corrected chi connectivity index (χ3v) is 6.41. The van der Waals surface area contributed by atoms with Crippen molar-refractivity contribution >= 4 is 5.78 Å². The first kappa shape index (κ1) is 20.2. The lowest BCUT2D eigenvalue weighted by Gasteiger charge is -2.57. The van der Waals surface area contributed by atoms with Gasteiger partial charge in [-0.1, -0.05) is 36.4 Å². The molecule has 5 heteroatoms. The number of ether oxygens (including phenoxy) is 1. The van der Waals surface area contributed by atoms with Crippen molar-refractivity contribution in [1.82, 2.24) is 14.8 Å². The first-order chi connectivity index (χ1) is 13.9. The van der Waals surface area contributed by atoms with Gasteiger partial charge in [0, 0.05) is 44.9 Å². The molecule has 2 aromatic rings. The van der Waals surface area contributed by atoms with Crippen molar-refractivity contribution in [3.8, 4) is 0 Å². The van der Waals surface area contributed by atoms with Gasteiger partial charge in [-0.25, -0.2) is 0 Å². The molecular weight excluding hydrogens is 362 g/mol. The Hall–Kier alpha value is -2.08. The van der Waals surface area contributed by atoms with Crippen LogP contribution in [0.2, 0.25) is 0 Å². The second kappa shape index (κ2) is 7.98. The summed E-state index contributed by atoms with van der Waals surface area (Å²) in [6.07, 6.45) is 3.13.